The van der Waals surface area contributed by atoms with Crippen LogP contribution in [0.2, 0.25) is 0 Å². The van der Waals surface area contributed by atoms with Gasteiger partial charge in [-0.05, 0) is 36.6 Å². The van der Waals surface area contributed by atoms with Crippen LogP contribution in [0.4, 0.5) is 5.69 Å². The van der Waals surface area contributed by atoms with E-state index in [0.29, 0.717) is 18.5 Å². The molecule has 0 saturated carbocycles. The standard InChI is InChI=1S/C16H19N3O3/c1-2-7-17-11-3-4-12-10(8-11)9-19(16(12)22)13-5-6-14(20)18-15(13)21/h3-4,8,13,17H,2,5-7,9H2,1H3,(H,18,20,21). The molecule has 0 spiro atoms. The molecule has 116 valence electrons. The highest BCUT2D eigenvalue weighted by molar-refractivity contribution is 6.05. The summed E-state index contributed by atoms with van der Waals surface area (Å²) >= 11 is 0. The van der Waals surface area contributed by atoms with Crippen LogP contribution in [0.25, 0.3) is 0 Å². The normalized spacial score (nSPS) is 20.9. The van der Waals surface area contributed by atoms with E-state index < -0.39 is 6.04 Å². The fourth-order valence-electron chi connectivity index (χ4n) is 2.95. The first-order chi connectivity index (χ1) is 10.6. The number of carbonyl (C=O) groups is 3. The first-order valence-electron chi connectivity index (χ1n) is 7.61. The minimum Gasteiger partial charge on any atom is -0.385 e. The van der Waals surface area contributed by atoms with Gasteiger partial charge in [-0.3, -0.25) is 19.7 Å². The van der Waals surface area contributed by atoms with Crippen LogP contribution in [0, 0.1) is 0 Å². The van der Waals surface area contributed by atoms with Crippen LogP contribution in [0.3, 0.4) is 0 Å². The zero-order valence-electron chi connectivity index (χ0n) is 12.5. The molecule has 1 aromatic rings. The zero-order chi connectivity index (χ0) is 15.7. The van der Waals surface area contributed by atoms with Gasteiger partial charge in [0.05, 0.1) is 0 Å². The summed E-state index contributed by atoms with van der Waals surface area (Å²) in [4.78, 5) is 37.2. The third kappa shape index (κ3) is 2.56. The summed E-state index contributed by atoms with van der Waals surface area (Å²) in [5.74, 6) is -0.773. The van der Waals surface area contributed by atoms with Crippen LogP contribution >= 0.6 is 0 Å². The lowest BCUT2D eigenvalue weighted by Gasteiger charge is -2.29. The first kappa shape index (κ1) is 14.6. The number of hydrogen-bond donors (Lipinski definition) is 2. The molecule has 22 heavy (non-hydrogen) atoms. The molecular formula is C16H19N3O3. The maximum Gasteiger partial charge on any atom is 0.255 e. The van der Waals surface area contributed by atoms with E-state index in [0.717, 1.165) is 24.2 Å². The van der Waals surface area contributed by atoms with Gasteiger partial charge in [-0.1, -0.05) is 6.92 Å². The largest absolute Gasteiger partial charge is 0.385 e. The van der Waals surface area contributed by atoms with Gasteiger partial charge >= 0.3 is 0 Å². The van der Waals surface area contributed by atoms with Crippen LogP contribution in [-0.4, -0.2) is 35.2 Å². The predicted octanol–water partition coefficient (Wildman–Crippen LogP) is 1.27. The van der Waals surface area contributed by atoms with Crippen molar-refractivity contribution in [3.05, 3.63) is 29.3 Å². The van der Waals surface area contributed by atoms with Crippen molar-refractivity contribution < 1.29 is 14.4 Å². The summed E-state index contributed by atoms with van der Waals surface area (Å²) in [5.41, 5.74) is 2.56. The molecule has 0 aromatic heterocycles. The second kappa shape index (κ2) is 5.79. The Kier molecular flexibility index (Phi) is 3.83. The molecular weight excluding hydrogens is 282 g/mol. The number of hydrogen-bond acceptors (Lipinski definition) is 4. The van der Waals surface area contributed by atoms with Gasteiger partial charge in [0, 0.05) is 30.8 Å². The molecule has 3 rings (SSSR count). The van der Waals surface area contributed by atoms with Gasteiger partial charge in [-0.2, -0.15) is 0 Å². The Morgan fingerprint density at radius 3 is 2.86 bits per heavy atom. The third-order valence-electron chi connectivity index (χ3n) is 4.10. The van der Waals surface area contributed by atoms with Crippen molar-refractivity contribution in [1.82, 2.24) is 10.2 Å². The molecule has 2 aliphatic heterocycles. The number of amides is 3. The Hall–Kier alpha value is -2.37. The van der Waals surface area contributed by atoms with E-state index in [4.69, 9.17) is 0 Å². The number of benzene rings is 1. The van der Waals surface area contributed by atoms with E-state index in [1.54, 1.807) is 4.90 Å². The number of rotatable bonds is 4. The SMILES string of the molecule is CCCNc1ccc2c(c1)CN(C1CCC(=O)NC1=O)C2=O. The molecule has 2 heterocycles. The number of fused-ring (bicyclic) bond motifs is 1. The van der Waals surface area contributed by atoms with Gasteiger partial charge in [0.15, 0.2) is 0 Å². The minimum atomic E-state index is -0.551. The summed E-state index contributed by atoms with van der Waals surface area (Å²) in [7, 11) is 0. The van der Waals surface area contributed by atoms with Crippen LogP contribution < -0.4 is 10.6 Å². The Balaban J connectivity index is 1.78. The molecule has 6 heteroatoms. The first-order valence-corrected chi connectivity index (χ1v) is 7.61. The van der Waals surface area contributed by atoms with Gasteiger partial charge in [-0.15, -0.1) is 0 Å². The summed E-state index contributed by atoms with van der Waals surface area (Å²) < 4.78 is 0. The fourth-order valence-corrected chi connectivity index (χ4v) is 2.95. The Labute approximate surface area is 128 Å². The van der Waals surface area contributed by atoms with Crippen LogP contribution in [0.1, 0.15) is 42.1 Å². The highest BCUT2D eigenvalue weighted by atomic mass is 16.2. The van der Waals surface area contributed by atoms with Crippen LogP contribution in [0.15, 0.2) is 18.2 Å². The molecule has 1 unspecified atom stereocenters. The monoisotopic (exact) mass is 301 g/mol. The number of imide groups is 1. The summed E-state index contributed by atoms with van der Waals surface area (Å²) in [6.07, 6.45) is 1.70. The number of piperidine rings is 1. The van der Waals surface area contributed by atoms with E-state index in [1.165, 1.54) is 0 Å². The molecule has 0 aliphatic carbocycles. The molecule has 3 amide bonds. The number of nitrogens with one attached hydrogen (secondary N) is 2. The lowest BCUT2D eigenvalue weighted by molar-refractivity contribution is -0.136. The molecule has 2 N–H and O–H groups in total. The van der Waals surface area contributed by atoms with E-state index in [-0.39, 0.29) is 24.1 Å². The van der Waals surface area contributed by atoms with Crippen molar-refractivity contribution in [2.45, 2.75) is 38.8 Å². The zero-order valence-corrected chi connectivity index (χ0v) is 12.5. The number of anilines is 1. The van der Waals surface area contributed by atoms with Gasteiger partial charge in [0.1, 0.15) is 6.04 Å². The molecule has 2 aliphatic rings. The maximum absolute atomic E-state index is 12.5. The summed E-state index contributed by atoms with van der Waals surface area (Å²) in [6, 6.07) is 5.11. The average molecular weight is 301 g/mol. The van der Waals surface area contributed by atoms with Crippen molar-refractivity contribution in [2.24, 2.45) is 0 Å². The quantitative estimate of drug-likeness (QED) is 0.821. The lowest BCUT2D eigenvalue weighted by atomic mass is 10.0. The third-order valence-corrected chi connectivity index (χ3v) is 4.10. The summed E-state index contributed by atoms with van der Waals surface area (Å²) in [6.45, 7) is 3.39. The number of carbonyl (C=O) groups excluding carboxylic acids is 3. The average Bonchev–Trinajstić information content (AvgIpc) is 2.82. The van der Waals surface area contributed by atoms with E-state index in [9.17, 15) is 14.4 Å². The summed E-state index contributed by atoms with van der Waals surface area (Å²) in [5, 5.41) is 5.60. The van der Waals surface area contributed by atoms with Crippen molar-refractivity contribution >= 4 is 23.4 Å². The second-order valence-electron chi connectivity index (χ2n) is 5.70. The molecule has 6 nitrogen and oxygen atoms in total. The molecule has 1 aromatic carbocycles. The topological polar surface area (TPSA) is 78.5 Å². The van der Waals surface area contributed by atoms with Crippen LogP contribution in [0.5, 0.6) is 0 Å². The highest BCUT2D eigenvalue weighted by Gasteiger charge is 2.38. The predicted molar refractivity (Wildman–Crippen MR) is 81.3 cm³/mol. The second-order valence-corrected chi connectivity index (χ2v) is 5.70. The van der Waals surface area contributed by atoms with E-state index >= 15 is 0 Å². The fraction of sp³-hybridized carbons (Fsp3) is 0.438. The molecule has 1 fully saturated rings. The Morgan fingerprint density at radius 1 is 1.32 bits per heavy atom. The van der Waals surface area contributed by atoms with Crippen molar-refractivity contribution in [1.29, 1.82) is 0 Å². The minimum absolute atomic E-state index is 0.133. The van der Waals surface area contributed by atoms with Crippen LogP contribution in [-0.2, 0) is 16.1 Å². The maximum atomic E-state index is 12.5. The molecule has 0 radical (unpaired) electrons. The van der Waals surface area contributed by atoms with Gasteiger partial charge < -0.3 is 10.2 Å². The Morgan fingerprint density at radius 2 is 2.14 bits per heavy atom. The lowest BCUT2D eigenvalue weighted by Crippen LogP contribution is -2.52. The molecule has 1 atom stereocenters. The molecule has 0 bridgehead atoms. The van der Waals surface area contributed by atoms with Crippen molar-refractivity contribution in [2.75, 3.05) is 11.9 Å². The van der Waals surface area contributed by atoms with E-state index in [1.807, 2.05) is 18.2 Å². The highest BCUT2D eigenvalue weighted by Crippen LogP contribution is 2.29. The van der Waals surface area contributed by atoms with Crippen molar-refractivity contribution in [3.63, 3.8) is 0 Å². The van der Waals surface area contributed by atoms with Gasteiger partial charge in [-0.25, -0.2) is 0 Å². The smallest absolute Gasteiger partial charge is 0.255 e. The number of nitrogens with zero attached hydrogens (tertiary/aromatic N) is 1. The van der Waals surface area contributed by atoms with E-state index in [2.05, 4.69) is 17.6 Å². The van der Waals surface area contributed by atoms with Gasteiger partial charge in [0.2, 0.25) is 11.8 Å². The molecule has 1 saturated heterocycles. The Bertz CT molecular complexity index is 642. The van der Waals surface area contributed by atoms with Gasteiger partial charge in [0.25, 0.3) is 5.91 Å². The van der Waals surface area contributed by atoms with Crippen molar-refractivity contribution in [3.8, 4) is 0 Å².